The highest BCUT2D eigenvalue weighted by Crippen LogP contribution is 2.26. The standard InChI is InChI=1S/C21H25N5O4S/c1-13-6-8-25(9-7-13)21-24-26-19(28)16(12-23-20(26)31-21)18(27)22-11-14-10-15(29-2)4-5-17(14)30-3/h4-5,10,12-13H,6-9,11H2,1-3H3,(H,22,27). The lowest BCUT2D eigenvalue weighted by molar-refractivity contribution is 0.0948. The van der Waals surface area contributed by atoms with Crippen LogP contribution < -0.4 is 25.2 Å². The Bertz CT molecular complexity index is 1150. The van der Waals surface area contributed by atoms with E-state index in [4.69, 9.17) is 9.47 Å². The first kappa shape index (κ1) is 21.1. The lowest BCUT2D eigenvalue weighted by Gasteiger charge is -2.29. The number of carbonyl (C=O) groups is 1. The fourth-order valence-corrected chi connectivity index (χ4v) is 4.46. The molecule has 3 heterocycles. The summed E-state index contributed by atoms with van der Waals surface area (Å²) in [5.41, 5.74) is 0.205. The molecule has 1 fully saturated rings. The van der Waals surface area contributed by atoms with Gasteiger partial charge in [0.2, 0.25) is 10.1 Å². The molecule has 1 aromatic carbocycles. The van der Waals surface area contributed by atoms with Gasteiger partial charge in [0.05, 0.1) is 14.2 Å². The van der Waals surface area contributed by atoms with Crippen molar-refractivity contribution < 1.29 is 14.3 Å². The maximum atomic E-state index is 12.9. The van der Waals surface area contributed by atoms with Gasteiger partial charge in [-0.1, -0.05) is 18.3 Å². The van der Waals surface area contributed by atoms with E-state index in [0.717, 1.165) is 36.6 Å². The predicted octanol–water partition coefficient (Wildman–Crippen LogP) is 2.33. The summed E-state index contributed by atoms with van der Waals surface area (Å²) >= 11 is 1.36. The predicted molar refractivity (Wildman–Crippen MR) is 118 cm³/mol. The number of hydrogen-bond acceptors (Lipinski definition) is 8. The summed E-state index contributed by atoms with van der Waals surface area (Å²) in [5.74, 6) is 1.45. The number of benzene rings is 1. The lowest BCUT2D eigenvalue weighted by atomic mass is 10.00. The fourth-order valence-electron chi connectivity index (χ4n) is 3.55. The van der Waals surface area contributed by atoms with Crippen LogP contribution in [0.4, 0.5) is 5.13 Å². The Hall–Kier alpha value is -3.14. The van der Waals surface area contributed by atoms with Crippen LogP contribution in [0.15, 0.2) is 29.2 Å². The number of fused-ring (bicyclic) bond motifs is 1. The van der Waals surface area contributed by atoms with Gasteiger partial charge in [0.15, 0.2) is 0 Å². The number of aromatic nitrogens is 3. The highest BCUT2D eigenvalue weighted by molar-refractivity contribution is 7.20. The van der Waals surface area contributed by atoms with Crippen LogP contribution in [0.3, 0.4) is 0 Å². The van der Waals surface area contributed by atoms with Crippen molar-refractivity contribution in [3.63, 3.8) is 0 Å². The molecule has 0 spiro atoms. The van der Waals surface area contributed by atoms with Crippen LogP contribution in [0.2, 0.25) is 0 Å². The number of carbonyl (C=O) groups excluding carboxylic acids is 1. The minimum Gasteiger partial charge on any atom is -0.497 e. The van der Waals surface area contributed by atoms with Gasteiger partial charge >= 0.3 is 0 Å². The number of anilines is 1. The van der Waals surface area contributed by atoms with Gasteiger partial charge in [-0.25, -0.2) is 4.98 Å². The van der Waals surface area contributed by atoms with E-state index in [1.165, 1.54) is 22.0 Å². The van der Waals surface area contributed by atoms with Crippen LogP contribution >= 0.6 is 11.3 Å². The van der Waals surface area contributed by atoms with E-state index in [0.29, 0.717) is 22.4 Å². The Kier molecular flexibility index (Phi) is 6.08. The highest BCUT2D eigenvalue weighted by Gasteiger charge is 2.21. The summed E-state index contributed by atoms with van der Waals surface area (Å²) in [6.07, 6.45) is 3.51. The zero-order valence-corrected chi connectivity index (χ0v) is 18.6. The third-order valence-corrected chi connectivity index (χ3v) is 6.49. The number of amides is 1. The molecule has 31 heavy (non-hydrogen) atoms. The van der Waals surface area contributed by atoms with Crippen LogP contribution in [0.25, 0.3) is 4.96 Å². The summed E-state index contributed by atoms with van der Waals surface area (Å²) in [6, 6.07) is 5.32. The Morgan fingerprint density at radius 3 is 2.74 bits per heavy atom. The largest absolute Gasteiger partial charge is 0.497 e. The van der Waals surface area contributed by atoms with Gasteiger partial charge in [-0.3, -0.25) is 9.59 Å². The minimum absolute atomic E-state index is 0.0523. The molecule has 0 aliphatic carbocycles. The first-order chi connectivity index (χ1) is 15.0. The first-order valence-corrected chi connectivity index (χ1v) is 10.9. The molecule has 1 amide bonds. The molecular weight excluding hydrogens is 418 g/mol. The van der Waals surface area contributed by atoms with Crippen molar-refractivity contribution in [2.75, 3.05) is 32.2 Å². The van der Waals surface area contributed by atoms with Gasteiger partial charge in [0.25, 0.3) is 11.5 Å². The Morgan fingerprint density at radius 2 is 2.03 bits per heavy atom. The van der Waals surface area contributed by atoms with Crippen molar-refractivity contribution in [3.8, 4) is 11.5 Å². The smallest absolute Gasteiger partial charge is 0.288 e. The monoisotopic (exact) mass is 443 g/mol. The molecule has 1 aliphatic rings. The van der Waals surface area contributed by atoms with E-state index in [1.54, 1.807) is 32.4 Å². The van der Waals surface area contributed by atoms with Crippen LogP contribution in [0.5, 0.6) is 11.5 Å². The topological polar surface area (TPSA) is 98.1 Å². The number of nitrogens with zero attached hydrogens (tertiary/aromatic N) is 4. The van der Waals surface area contributed by atoms with Crippen molar-refractivity contribution in [3.05, 3.63) is 45.9 Å². The number of methoxy groups -OCH3 is 2. The van der Waals surface area contributed by atoms with Gasteiger partial charge in [-0.2, -0.15) is 4.52 Å². The highest BCUT2D eigenvalue weighted by atomic mass is 32.1. The lowest BCUT2D eigenvalue weighted by Crippen LogP contribution is -2.33. The molecule has 0 unspecified atom stereocenters. The maximum Gasteiger partial charge on any atom is 0.288 e. The van der Waals surface area contributed by atoms with E-state index in [1.807, 2.05) is 0 Å². The molecule has 1 saturated heterocycles. The van der Waals surface area contributed by atoms with Crippen LogP contribution in [0, 0.1) is 5.92 Å². The second-order valence-corrected chi connectivity index (χ2v) is 8.52. The van der Waals surface area contributed by atoms with Crippen LogP contribution in [-0.2, 0) is 6.54 Å². The number of ether oxygens (including phenoxy) is 2. The van der Waals surface area contributed by atoms with Gasteiger partial charge in [0, 0.05) is 31.4 Å². The average Bonchev–Trinajstić information content (AvgIpc) is 3.23. The zero-order valence-electron chi connectivity index (χ0n) is 17.8. The summed E-state index contributed by atoms with van der Waals surface area (Å²) in [7, 11) is 3.12. The van der Waals surface area contributed by atoms with E-state index < -0.39 is 11.5 Å². The molecule has 0 atom stereocenters. The van der Waals surface area contributed by atoms with Crippen LogP contribution in [0.1, 0.15) is 35.7 Å². The Balaban J connectivity index is 1.53. The third kappa shape index (κ3) is 4.34. The quantitative estimate of drug-likeness (QED) is 0.624. The van der Waals surface area contributed by atoms with E-state index in [9.17, 15) is 9.59 Å². The molecule has 0 saturated carbocycles. The molecule has 3 aromatic rings. The molecule has 164 valence electrons. The maximum absolute atomic E-state index is 12.9. The number of hydrogen-bond donors (Lipinski definition) is 1. The second-order valence-electron chi connectivity index (χ2n) is 7.59. The van der Waals surface area contributed by atoms with E-state index in [-0.39, 0.29) is 12.1 Å². The normalized spacial score (nSPS) is 14.6. The summed E-state index contributed by atoms with van der Waals surface area (Å²) in [4.78, 5) is 32.6. The van der Waals surface area contributed by atoms with Gasteiger partial charge in [-0.05, 0) is 37.0 Å². The second kappa shape index (κ2) is 8.93. The molecule has 1 aliphatic heterocycles. The molecule has 0 radical (unpaired) electrons. The summed E-state index contributed by atoms with van der Waals surface area (Å²) in [5, 5.41) is 7.96. The summed E-state index contributed by atoms with van der Waals surface area (Å²) in [6.45, 7) is 4.24. The van der Waals surface area contributed by atoms with Crippen LogP contribution in [-0.4, -0.2) is 47.8 Å². The van der Waals surface area contributed by atoms with Crippen molar-refractivity contribution in [2.45, 2.75) is 26.3 Å². The molecule has 9 nitrogen and oxygen atoms in total. The van der Waals surface area contributed by atoms with Crippen molar-refractivity contribution in [1.82, 2.24) is 19.9 Å². The molecule has 0 bridgehead atoms. The number of nitrogens with one attached hydrogen (secondary N) is 1. The van der Waals surface area contributed by atoms with Gasteiger partial charge in [-0.15, -0.1) is 5.10 Å². The summed E-state index contributed by atoms with van der Waals surface area (Å²) < 4.78 is 11.8. The van der Waals surface area contributed by atoms with Gasteiger partial charge < -0.3 is 19.7 Å². The zero-order chi connectivity index (χ0) is 22.0. The number of rotatable bonds is 6. The molecule has 4 rings (SSSR count). The van der Waals surface area contributed by atoms with Gasteiger partial charge in [0.1, 0.15) is 17.1 Å². The molecule has 10 heteroatoms. The first-order valence-electron chi connectivity index (χ1n) is 10.1. The van der Waals surface area contributed by atoms with E-state index >= 15 is 0 Å². The molecular formula is C21H25N5O4S. The Labute approximate surface area is 183 Å². The SMILES string of the molecule is COc1ccc(OC)c(CNC(=O)c2cnc3sc(N4CCC(C)CC4)nn3c2=O)c1. The minimum atomic E-state index is -0.516. The van der Waals surface area contributed by atoms with Crippen molar-refractivity contribution in [2.24, 2.45) is 5.92 Å². The van der Waals surface area contributed by atoms with Crippen molar-refractivity contribution in [1.29, 1.82) is 0 Å². The fraction of sp³-hybridized carbons (Fsp3) is 0.429. The van der Waals surface area contributed by atoms with Crippen molar-refractivity contribution >= 4 is 27.3 Å². The Morgan fingerprint density at radius 1 is 1.26 bits per heavy atom. The molecule has 1 N–H and O–H groups in total. The molecule has 2 aromatic heterocycles. The number of piperidine rings is 1. The third-order valence-electron chi connectivity index (χ3n) is 5.50. The van der Waals surface area contributed by atoms with E-state index in [2.05, 4.69) is 27.2 Å². The average molecular weight is 444 g/mol.